The maximum absolute atomic E-state index is 13.0. The number of carbonyl (C=O) groups is 1. The molecule has 1 heterocycles. The standard InChI is InChI=1S/C24H22N4O4S/c1-18-7-12-23(33(30,31)27-24(29)32-15-20-5-3-2-4-6-20)22(13-18)21-10-8-19(9-11-21)14-28-17-25-16-26-28/h2-13,16-17H,14-15H2,1H3,(H,27,29). The SMILES string of the molecule is Cc1ccc(S(=O)(=O)NC(=O)OCc2ccccc2)c(-c2ccc(Cn3cncn3)cc2)c1. The minimum Gasteiger partial charge on any atom is -0.444 e. The molecule has 0 unspecified atom stereocenters. The van der Waals surface area contributed by atoms with Crippen molar-refractivity contribution in [3.05, 3.63) is 102 Å². The van der Waals surface area contributed by atoms with Gasteiger partial charge in [0.1, 0.15) is 19.3 Å². The lowest BCUT2D eigenvalue weighted by Gasteiger charge is -2.13. The summed E-state index contributed by atoms with van der Waals surface area (Å²) in [6.45, 7) is 2.39. The molecule has 0 radical (unpaired) electrons. The van der Waals surface area contributed by atoms with Crippen LogP contribution in [0.5, 0.6) is 0 Å². The van der Waals surface area contributed by atoms with E-state index in [2.05, 4.69) is 10.1 Å². The molecule has 168 valence electrons. The van der Waals surface area contributed by atoms with E-state index in [9.17, 15) is 13.2 Å². The number of nitrogens with zero attached hydrogens (tertiary/aromatic N) is 3. The normalized spacial score (nSPS) is 11.2. The van der Waals surface area contributed by atoms with E-state index in [-0.39, 0.29) is 11.5 Å². The van der Waals surface area contributed by atoms with E-state index in [0.717, 1.165) is 16.7 Å². The lowest BCUT2D eigenvalue weighted by Crippen LogP contribution is -2.31. The average Bonchev–Trinajstić information content (AvgIpc) is 3.31. The van der Waals surface area contributed by atoms with Crippen molar-refractivity contribution in [2.75, 3.05) is 0 Å². The van der Waals surface area contributed by atoms with Crippen LogP contribution < -0.4 is 4.72 Å². The van der Waals surface area contributed by atoms with Crippen LogP contribution in [0.2, 0.25) is 0 Å². The third-order valence-electron chi connectivity index (χ3n) is 4.93. The van der Waals surface area contributed by atoms with Crippen molar-refractivity contribution in [2.45, 2.75) is 25.0 Å². The molecule has 8 nitrogen and oxygen atoms in total. The van der Waals surface area contributed by atoms with Gasteiger partial charge in [-0.25, -0.2) is 27.6 Å². The maximum atomic E-state index is 13.0. The first-order valence-electron chi connectivity index (χ1n) is 10.2. The molecule has 0 saturated carbocycles. The second kappa shape index (κ2) is 9.66. The number of hydrogen-bond acceptors (Lipinski definition) is 6. The van der Waals surface area contributed by atoms with Crippen LogP contribution in [-0.2, 0) is 27.9 Å². The Bertz CT molecular complexity index is 1340. The Labute approximate surface area is 191 Å². The molecule has 0 bridgehead atoms. The monoisotopic (exact) mass is 462 g/mol. The van der Waals surface area contributed by atoms with Gasteiger partial charge in [0.25, 0.3) is 10.0 Å². The van der Waals surface area contributed by atoms with Gasteiger partial charge in [-0.3, -0.25) is 0 Å². The van der Waals surface area contributed by atoms with Crippen molar-refractivity contribution < 1.29 is 17.9 Å². The third kappa shape index (κ3) is 5.64. The summed E-state index contributed by atoms with van der Waals surface area (Å²) in [5, 5.41) is 4.09. The Morgan fingerprint density at radius 3 is 2.45 bits per heavy atom. The summed E-state index contributed by atoms with van der Waals surface area (Å²) in [5.74, 6) is 0. The number of benzene rings is 3. The van der Waals surface area contributed by atoms with Crippen molar-refractivity contribution in [1.82, 2.24) is 19.5 Å². The molecule has 1 amide bonds. The van der Waals surface area contributed by atoms with Crippen LogP contribution in [0.4, 0.5) is 4.79 Å². The van der Waals surface area contributed by atoms with Gasteiger partial charge < -0.3 is 4.74 Å². The quantitative estimate of drug-likeness (QED) is 0.447. The molecule has 0 atom stereocenters. The van der Waals surface area contributed by atoms with E-state index < -0.39 is 16.1 Å². The lowest BCUT2D eigenvalue weighted by atomic mass is 10.0. The van der Waals surface area contributed by atoms with Crippen LogP contribution >= 0.6 is 0 Å². The van der Waals surface area contributed by atoms with Gasteiger partial charge in [-0.05, 0) is 29.7 Å². The molecule has 9 heteroatoms. The molecule has 0 saturated heterocycles. The summed E-state index contributed by atoms with van der Waals surface area (Å²) in [4.78, 5) is 16.1. The Balaban J connectivity index is 1.53. The number of ether oxygens (including phenoxy) is 1. The summed E-state index contributed by atoms with van der Waals surface area (Å²) in [6, 6.07) is 21.5. The molecule has 1 N–H and O–H groups in total. The molecule has 33 heavy (non-hydrogen) atoms. The molecule has 0 fully saturated rings. The highest BCUT2D eigenvalue weighted by atomic mass is 32.2. The zero-order chi connectivity index (χ0) is 23.3. The van der Waals surface area contributed by atoms with Crippen LogP contribution in [0.1, 0.15) is 16.7 Å². The molecule has 3 aromatic carbocycles. The van der Waals surface area contributed by atoms with Gasteiger partial charge in [0, 0.05) is 5.56 Å². The second-order valence-corrected chi connectivity index (χ2v) is 9.11. The molecule has 0 aliphatic carbocycles. The second-order valence-electron chi connectivity index (χ2n) is 7.46. The fourth-order valence-electron chi connectivity index (χ4n) is 3.31. The number of sulfonamides is 1. The third-order valence-corrected chi connectivity index (χ3v) is 6.30. The Morgan fingerprint density at radius 2 is 1.76 bits per heavy atom. The van der Waals surface area contributed by atoms with E-state index >= 15 is 0 Å². The van der Waals surface area contributed by atoms with Crippen LogP contribution in [-0.4, -0.2) is 29.3 Å². The number of carbonyl (C=O) groups excluding carboxylic acids is 1. The average molecular weight is 463 g/mol. The van der Waals surface area contributed by atoms with Crippen LogP contribution in [0.25, 0.3) is 11.1 Å². The molecule has 0 aliphatic heterocycles. The predicted molar refractivity (Wildman–Crippen MR) is 123 cm³/mol. The van der Waals surface area contributed by atoms with Crippen molar-refractivity contribution in [1.29, 1.82) is 0 Å². The highest BCUT2D eigenvalue weighted by Gasteiger charge is 2.23. The first-order valence-corrected chi connectivity index (χ1v) is 11.6. The highest BCUT2D eigenvalue weighted by Crippen LogP contribution is 2.29. The number of hydrogen-bond donors (Lipinski definition) is 1. The fraction of sp³-hybridized carbons (Fsp3) is 0.125. The first-order chi connectivity index (χ1) is 15.9. The van der Waals surface area contributed by atoms with Gasteiger partial charge in [-0.1, -0.05) is 72.3 Å². The van der Waals surface area contributed by atoms with Crippen LogP contribution in [0.3, 0.4) is 0 Å². The molecular formula is C24H22N4O4S. The lowest BCUT2D eigenvalue weighted by molar-refractivity contribution is 0.146. The fourth-order valence-corrected chi connectivity index (χ4v) is 4.41. The number of rotatable bonds is 7. The highest BCUT2D eigenvalue weighted by molar-refractivity contribution is 7.90. The Morgan fingerprint density at radius 1 is 1.00 bits per heavy atom. The summed E-state index contributed by atoms with van der Waals surface area (Å²) in [6.07, 6.45) is 2.06. The summed E-state index contributed by atoms with van der Waals surface area (Å²) in [5.41, 5.74) is 3.84. The van der Waals surface area contributed by atoms with Crippen molar-refractivity contribution in [3.8, 4) is 11.1 Å². The van der Waals surface area contributed by atoms with Gasteiger partial charge in [0.05, 0.1) is 11.4 Å². The smallest absolute Gasteiger partial charge is 0.421 e. The molecule has 0 aliphatic rings. The van der Waals surface area contributed by atoms with Crippen molar-refractivity contribution in [2.24, 2.45) is 0 Å². The molecular weight excluding hydrogens is 440 g/mol. The minimum atomic E-state index is -4.16. The van der Waals surface area contributed by atoms with Gasteiger partial charge in [0.15, 0.2) is 0 Å². The van der Waals surface area contributed by atoms with Gasteiger partial charge in [-0.15, -0.1) is 0 Å². The van der Waals surface area contributed by atoms with Crippen LogP contribution in [0, 0.1) is 6.92 Å². The molecule has 0 spiro atoms. The van der Waals surface area contributed by atoms with E-state index in [0.29, 0.717) is 17.7 Å². The summed E-state index contributed by atoms with van der Waals surface area (Å²) in [7, 11) is -4.16. The molecule has 4 rings (SSSR count). The largest absolute Gasteiger partial charge is 0.444 e. The van der Waals surface area contributed by atoms with Crippen LogP contribution in [0.15, 0.2) is 90.3 Å². The minimum absolute atomic E-state index is 0.00575. The maximum Gasteiger partial charge on any atom is 0.421 e. The molecule has 4 aromatic rings. The molecule has 1 aromatic heterocycles. The number of aryl methyl sites for hydroxylation is 1. The zero-order valence-corrected chi connectivity index (χ0v) is 18.7. The van der Waals surface area contributed by atoms with E-state index in [1.54, 1.807) is 35.3 Å². The van der Waals surface area contributed by atoms with E-state index in [1.165, 1.54) is 12.4 Å². The van der Waals surface area contributed by atoms with E-state index in [1.807, 2.05) is 54.1 Å². The number of nitrogens with one attached hydrogen (secondary N) is 1. The van der Waals surface area contributed by atoms with Crippen molar-refractivity contribution >= 4 is 16.1 Å². The predicted octanol–water partition coefficient (Wildman–Crippen LogP) is 3.92. The van der Waals surface area contributed by atoms with E-state index in [4.69, 9.17) is 4.74 Å². The topological polar surface area (TPSA) is 103 Å². The number of aromatic nitrogens is 3. The van der Waals surface area contributed by atoms with Crippen molar-refractivity contribution in [3.63, 3.8) is 0 Å². The number of amides is 1. The first kappa shape index (κ1) is 22.2. The van der Waals surface area contributed by atoms with Gasteiger partial charge in [-0.2, -0.15) is 5.10 Å². The summed E-state index contributed by atoms with van der Waals surface area (Å²) >= 11 is 0. The zero-order valence-electron chi connectivity index (χ0n) is 17.9. The Hall–Kier alpha value is -3.98. The van der Waals surface area contributed by atoms with Gasteiger partial charge >= 0.3 is 6.09 Å². The summed E-state index contributed by atoms with van der Waals surface area (Å²) < 4.78 is 34.8. The Kier molecular flexibility index (Phi) is 6.50. The van der Waals surface area contributed by atoms with Gasteiger partial charge in [0.2, 0.25) is 0 Å².